The zero-order chi connectivity index (χ0) is 16.6. The zero-order valence-electron chi connectivity index (χ0n) is 12.7. The topological polar surface area (TPSA) is 99.1 Å². The van der Waals surface area contributed by atoms with E-state index in [0.29, 0.717) is 16.5 Å². The van der Waals surface area contributed by atoms with Crippen LogP contribution in [0, 0.1) is 13.8 Å². The van der Waals surface area contributed by atoms with Gasteiger partial charge < -0.3 is 9.84 Å². The second kappa shape index (κ2) is 5.86. The van der Waals surface area contributed by atoms with E-state index in [-0.39, 0.29) is 11.3 Å². The summed E-state index contributed by atoms with van der Waals surface area (Å²) in [4.78, 5) is 16.8. The molecule has 2 heterocycles. The number of carbonyl (C=O) groups is 1. The Bertz CT molecular complexity index is 782. The van der Waals surface area contributed by atoms with E-state index in [2.05, 4.69) is 21.0 Å². The lowest BCUT2D eigenvalue weighted by atomic mass is 10.1. The van der Waals surface area contributed by atoms with Gasteiger partial charge in [-0.15, -0.1) is 15.8 Å². The number of carboxylic acids is 1. The number of hydrazone groups is 1. The fourth-order valence-electron chi connectivity index (χ4n) is 2.13. The van der Waals surface area contributed by atoms with Gasteiger partial charge in [0.05, 0.1) is 18.4 Å². The molecule has 0 unspecified atom stereocenters. The van der Waals surface area contributed by atoms with Crippen LogP contribution in [-0.4, -0.2) is 29.0 Å². The summed E-state index contributed by atoms with van der Waals surface area (Å²) in [6, 6.07) is 4.87. The van der Waals surface area contributed by atoms with Gasteiger partial charge in [0.1, 0.15) is 11.3 Å². The Hall–Kier alpha value is -2.65. The number of amidine groups is 1. The average molecular weight is 333 g/mol. The van der Waals surface area contributed by atoms with Gasteiger partial charge in [0, 0.05) is 4.88 Å². The van der Waals surface area contributed by atoms with E-state index in [0.717, 1.165) is 10.6 Å². The number of aryl methyl sites for hydroxylation is 2. The molecule has 0 amide bonds. The Morgan fingerprint density at radius 1 is 1.39 bits per heavy atom. The van der Waals surface area contributed by atoms with Crippen LogP contribution in [0.4, 0.5) is 5.13 Å². The molecule has 0 saturated carbocycles. The van der Waals surface area contributed by atoms with E-state index >= 15 is 0 Å². The SMILES string of the molecule is COc1c(C(=O)O)cccc1C1=NN(c2nc(C)c(C)s2)NN1. The van der Waals surface area contributed by atoms with Crippen LogP contribution in [0.2, 0.25) is 0 Å². The number of aromatic nitrogens is 1. The lowest BCUT2D eigenvalue weighted by Gasteiger charge is -2.10. The maximum atomic E-state index is 11.3. The molecule has 0 fully saturated rings. The maximum absolute atomic E-state index is 11.3. The van der Waals surface area contributed by atoms with Crippen molar-refractivity contribution in [2.24, 2.45) is 5.10 Å². The molecule has 8 nitrogen and oxygen atoms in total. The molecule has 3 rings (SSSR count). The van der Waals surface area contributed by atoms with E-state index in [4.69, 9.17) is 4.74 Å². The molecule has 0 radical (unpaired) electrons. The lowest BCUT2D eigenvalue weighted by Crippen LogP contribution is -2.38. The van der Waals surface area contributed by atoms with Crippen molar-refractivity contribution in [3.8, 4) is 5.75 Å². The molecule has 0 saturated heterocycles. The van der Waals surface area contributed by atoms with Crippen LogP contribution < -0.4 is 20.8 Å². The largest absolute Gasteiger partial charge is 0.495 e. The summed E-state index contributed by atoms with van der Waals surface area (Å²) in [6.45, 7) is 3.92. The predicted molar refractivity (Wildman–Crippen MR) is 86.8 cm³/mol. The summed E-state index contributed by atoms with van der Waals surface area (Å²) in [5, 5.41) is 15.8. The van der Waals surface area contributed by atoms with Crippen LogP contribution in [-0.2, 0) is 0 Å². The Kier molecular flexibility index (Phi) is 3.89. The number of benzene rings is 1. The third-order valence-corrected chi connectivity index (χ3v) is 4.43. The van der Waals surface area contributed by atoms with Crippen molar-refractivity contribution in [1.82, 2.24) is 15.9 Å². The van der Waals surface area contributed by atoms with Crippen LogP contribution in [0.15, 0.2) is 23.3 Å². The zero-order valence-corrected chi connectivity index (χ0v) is 13.6. The molecule has 0 spiro atoms. The number of aromatic carboxylic acids is 1. The molecule has 3 N–H and O–H groups in total. The van der Waals surface area contributed by atoms with Crippen molar-refractivity contribution in [1.29, 1.82) is 0 Å². The highest BCUT2D eigenvalue weighted by Crippen LogP contribution is 2.28. The highest BCUT2D eigenvalue weighted by Gasteiger charge is 2.24. The van der Waals surface area contributed by atoms with Crippen LogP contribution in [0.1, 0.15) is 26.5 Å². The monoisotopic (exact) mass is 333 g/mol. The van der Waals surface area contributed by atoms with E-state index in [1.807, 2.05) is 13.8 Å². The molecule has 1 aromatic carbocycles. The van der Waals surface area contributed by atoms with Gasteiger partial charge in [0.15, 0.2) is 5.84 Å². The summed E-state index contributed by atoms with van der Waals surface area (Å²) in [5.41, 5.74) is 7.37. The van der Waals surface area contributed by atoms with Crippen molar-refractivity contribution in [3.63, 3.8) is 0 Å². The second-order valence-corrected chi connectivity index (χ2v) is 6.01. The summed E-state index contributed by atoms with van der Waals surface area (Å²) < 4.78 is 5.25. The van der Waals surface area contributed by atoms with Gasteiger partial charge in [-0.3, -0.25) is 5.43 Å². The normalized spacial score (nSPS) is 13.7. The smallest absolute Gasteiger partial charge is 0.339 e. The Balaban J connectivity index is 1.98. The summed E-state index contributed by atoms with van der Waals surface area (Å²) in [7, 11) is 1.43. The maximum Gasteiger partial charge on any atom is 0.339 e. The third-order valence-electron chi connectivity index (χ3n) is 3.38. The van der Waals surface area contributed by atoms with Crippen LogP contribution in [0.25, 0.3) is 0 Å². The molecule has 2 aromatic rings. The first-order chi connectivity index (χ1) is 11.0. The third kappa shape index (κ3) is 2.71. The number of hydrazine groups is 2. The number of carboxylic acid groups (broad SMARTS) is 1. The van der Waals surface area contributed by atoms with Crippen molar-refractivity contribution >= 4 is 28.3 Å². The van der Waals surface area contributed by atoms with E-state index in [1.54, 1.807) is 12.1 Å². The average Bonchev–Trinajstić information content (AvgIpc) is 3.14. The Labute approximate surface area is 136 Å². The lowest BCUT2D eigenvalue weighted by molar-refractivity contribution is 0.0693. The molecular formula is C14H15N5O3S. The number of hydrogen-bond acceptors (Lipinski definition) is 8. The standard InChI is InChI=1S/C14H15N5O3S/c1-7-8(2)23-14(15-7)19-17-12(16-18-19)9-5-4-6-10(13(20)21)11(9)22-3/h4-6,18H,1-3H3,(H,16,17)(H,20,21). The van der Waals surface area contributed by atoms with E-state index in [1.165, 1.54) is 29.6 Å². The molecule has 1 aromatic heterocycles. The molecule has 9 heteroatoms. The molecule has 23 heavy (non-hydrogen) atoms. The fraction of sp³-hybridized carbons (Fsp3) is 0.214. The Morgan fingerprint density at radius 2 is 2.17 bits per heavy atom. The predicted octanol–water partition coefficient (Wildman–Crippen LogP) is 1.66. The van der Waals surface area contributed by atoms with E-state index in [9.17, 15) is 9.90 Å². The minimum atomic E-state index is -1.06. The first-order valence-electron chi connectivity index (χ1n) is 6.76. The number of para-hydroxylation sites is 1. The molecule has 0 bridgehead atoms. The number of nitrogens with zero attached hydrogens (tertiary/aromatic N) is 3. The van der Waals surface area contributed by atoms with Gasteiger partial charge in [-0.05, 0) is 26.0 Å². The van der Waals surface area contributed by atoms with Gasteiger partial charge in [0.25, 0.3) is 0 Å². The number of ether oxygens (including phenoxy) is 1. The van der Waals surface area contributed by atoms with Crippen molar-refractivity contribution in [2.45, 2.75) is 13.8 Å². The molecule has 1 aliphatic heterocycles. The number of methoxy groups -OCH3 is 1. The highest BCUT2D eigenvalue weighted by atomic mass is 32.1. The first-order valence-corrected chi connectivity index (χ1v) is 7.58. The number of rotatable bonds is 4. The van der Waals surface area contributed by atoms with Gasteiger partial charge >= 0.3 is 5.97 Å². The number of anilines is 1. The van der Waals surface area contributed by atoms with Gasteiger partial charge in [-0.1, -0.05) is 17.4 Å². The van der Waals surface area contributed by atoms with Gasteiger partial charge in [0.2, 0.25) is 5.13 Å². The second-order valence-electron chi connectivity index (χ2n) is 4.83. The van der Waals surface area contributed by atoms with E-state index < -0.39 is 5.97 Å². The first kappa shape index (κ1) is 15.3. The highest BCUT2D eigenvalue weighted by molar-refractivity contribution is 7.15. The summed E-state index contributed by atoms with van der Waals surface area (Å²) >= 11 is 1.51. The van der Waals surface area contributed by atoms with Gasteiger partial charge in [-0.25, -0.2) is 9.78 Å². The number of thiazole rings is 1. The van der Waals surface area contributed by atoms with Crippen molar-refractivity contribution in [2.75, 3.05) is 12.2 Å². The van der Waals surface area contributed by atoms with Gasteiger partial charge in [-0.2, -0.15) is 0 Å². The Morgan fingerprint density at radius 3 is 2.78 bits per heavy atom. The molecule has 1 aliphatic rings. The summed E-state index contributed by atoms with van der Waals surface area (Å²) in [5.74, 6) is -0.352. The number of nitrogens with one attached hydrogen (secondary N) is 2. The van der Waals surface area contributed by atoms with Crippen molar-refractivity contribution in [3.05, 3.63) is 39.9 Å². The molecule has 0 aliphatic carbocycles. The summed E-state index contributed by atoms with van der Waals surface area (Å²) in [6.07, 6.45) is 0. The number of hydrogen-bond donors (Lipinski definition) is 3. The minimum absolute atomic E-state index is 0.0777. The molecule has 120 valence electrons. The molecule has 0 atom stereocenters. The fourth-order valence-corrected chi connectivity index (χ4v) is 2.95. The van der Waals surface area contributed by atoms with Crippen LogP contribution in [0.5, 0.6) is 5.75 Å². The van der Waals surface area contributed by atoms with Crippen LogP contribution in [0.3, 0.4) is 0 Å². The van der Waals surface area contributed by atoms with Crippen LogP contribution >= 0.6 is 11.3 Å². The minimum Gasteiger partial charge on any atom is -0.495 e. The molecular weight excluding hydrogens is 318 g/mol. The van der Waals surface area contributed by atoms with Crippen molar-refractivity contribution < 1.29 is 14.6 Å². The quantitative estimate of drug-likeness (QED) is 0.782.